The number of fused-ring (bicyclic) bond motifs is 2. The van der Waals surface area contributed by atoms with E-state index in [2.05, 4.69) is 5.32 Å². The van der Waals surface area contributed by atoms with Crippen molar-refractivity contribution in [2.75, 3.05) is 11.9 Å². The average Bonchev–Trinajstić information content (AvgIpc) is 2.73. The fourth-order valence-electron chi connectivity index (χ4n) is 3.30. The van der Waals surface area contributed by atoms with Crippen LogP contribution in [-0.2, 0) is 14.3 Å². The first kappa shape index (κ1) is 18.7. The quantitative estimate of drug-likeness (QED) is 0.663. The van der Waals surface area contributed by atoms with Gasteiger partial charge in [-0.1, -0.05) is 42.5 Å². The van der Waals surface area contributed by atoms with Gasteiger partial charge in [-0.25, -0.2) is 4.39 Å². The van der Waals surface area contributed by atoms with Gasteiger partial charge in [0.2, 0.25) is 0 Å². The highest BCUT2D eigenvalue weighted by molar-refractivity contribution is 5.94. The van der Waals surface area contributed by atoms with E-state index in [9.17, 15) is 14.0 Å². The Hall–Kier alpha value is -3.67. The molecule has 0 fully saturated rings. The molecule has 3 aromatic rings. The third-order valence-electron chi connectivity index (χ3n) is 4.73. The molecule has 0 aliphatic carbocycles. The summed E-state index contributed by atoms with van der Waals surface area (Å²) in [5.74, 6) is -1.10. The standard InChI is InChI=1S/C23H18FNO4/c1-14-10-11-15(24)12-18(14)25-21(26)13-28-23(27)22-16-6-2-4-8-19(16)29-20-9-5-3-7-17(20)22/h2-12,22H,13H2,1H3,(H,25,26). The van der Waals surface area contributed by atoms with Gasteiger partial charge < -0.3 is 14.8 Å². The Balaban J connectivity index is 1.50. The number of anilines is 1. The van der Waals surface area contributed by atoms with E-state index in [1.165, 1.54) is 12.1 Å². The maximum Gasteiger partial charge on any atom is 0.318 e. The number of hydrogen-bond donors (Lipinski definition) is 1. The molecule has 1 amide bonds. The van der Waals surface area contributed by atoms with Gasteiger partial charge in [0.05, 0.1) is 0 Å². The van der Waals surface area contributed by atoms with Crippen molar-refractivity contribution in [3.63, 3.8) is 0 Å². The molecule has 3 aromatic carbocycles. The Morgan fingerprint density at radius 1 is 1.00 bits per heavy atom. The summed E-state index contributed by atoms with van der Waals surface area (Å²) >= 11 is 0. The van der Waals surface area contributed by atoms with Crippen LogP contribution in [0.3, 0.4) is 0 Å². The van der Waals surface area contributed by atoms with Crippen molar-refractivity contribution >= 4 is 17.6 Å². The van der Waals surface area contributed by atoms with E-state index in [4.69, 9.17) is 9.47 Å². The number of esters is 1. The first-order chi connectivity index (χ1) is 14.0. The van der Waals surface area contributed by atoms with Gasteiger partial charge in [-0.3, -0.25) is 9.59 Å². The number of para-hydroxylation sites is 2. The van der Waals surface area contributed by atoms with Crippen LogP contribution in [0.25, 0.3) is 0 Å². The van der Waals surface area contributed by atoms with Gasteiger partial charge in [-0.05, 0) is 36.8 Å². The zero-order valence-electron chi connectivity index (χ0n) is 15.6. The number of carbonyl (C=O) groups is 2. The van der Waals surface area contributed by atoms with E-state index in [0.29, 0.717) is 33.9 Å². The molecule has 0 unspecified atom stereocenters. The van der Waals surface area contributed by atoms with Crippen LogP contribution >= 0.6 is 0 Å². The first-order valence-corrected chi connectivity index (χ1v) is 9.11. The predicted octanol–water partition coefficient (Wildman–Crippen LogP) is 4.55. The number of hydrogen-bond acceptors (Lipinski definition) is 4. The smallest absolute Gasteiger partial charge is 0.318 e. The molecule has 0 saturated heterocycles. The molecule has 0 aromatic heterocycles. The number of carbonyl (C=O) groups excluding carboxylic acids is 2. The molecule has 6 heteroatoms. The van der Waals surface area contributed by atoms with Crippen LogP contribution in [0.2, 0.25) is 0 Å². The number of benzene rings is 3. The highest BCUT2D eigenvalue weighted by atomic mass is 19.1. The number of ether oxygens (including phenoxy) is 2. The van der Waals surface area contributed by atoms with Crippen LogP contribution in [0.15, 0.2) is 66.7 Å². The Morgan fingerprint density at radius 3 is 2.28 bits per heavy atom. The van der Waals surface area contributed by atoms with Crippen molar-refractivity contribution in [1.82, 2.24) is 0 Å². The molecule has 0 bridgehead atoms. The van der Waals surface area contributed by atoms with Crippen molar-refractivity contribution in [2.45, 2.75) is 12.8 Å². The van der Waals surface area contributed by atoms with E-state index < -0.39 is 30.2 Å². The molecule has 4 rings (SSSR count). The zero-order chi connectivity index (χ0) is 20.4. The predicted molar refractivity (Wildman–Crippen MR) is 106 cm³/mol. The molecule has 0 spiro atoms. The molecule has 0 saturated carbocycles. The van der Waals surface area contributed by atoms with Crippen LogP contribution in [0, 0.1) is 12.7 Å². The topological polar surface area (TPSA) is 64.6 Å². The summed E-state index contributed by atoms with van der Waals surface area (Å²) in [5.41, 5.74) is 2.40. The van der Waals surface area contributed by atoms with E-state index in [-0.39, 0.29) is 0 Å². The van der Waals surface area contributed by atoms with Crippen LogP contribution in [-0.4, -0.2) is 18.5 Å². The highest BCUT2D eigenvalue weighted by Crippen LogP contribution is 2.44. The number of halogens is 1. The van der Waals surface area contributed by atoms with Gasteiger partial charge in [0, 0.05) is 16.8 Å². The van der Waals surface area contributed by atoms with E-state index in [1.807, 2.05) is 24.3 Å². The first-order valence-electron chi connectivity index (χ1n) is 9.11. The van der Waals surface area contributed by atoms with Crippen molar-refractivity contribution in [1.29, 1.82) is 0 Å². The average molecular weight is 391 g/mol. The zero-order valence-corrected chi connectivity index (χ0v) is 15.6. The number of amides is 1. The third kappa shape index (κ3) is 3.82. The monoisotopic (exact) mass is 391 g/mol. The van der Waals surface area contributed by atoms with Crippen LogP contribution in [0.1, 0.15) is 22.6 Å². The van der Waals surface area contributed by atoms with Crippen molar-refractivity contribution in [3.8, 4) is 11.5 Å². The molecular formula is C23H18FNO4. The SMILES string of the molecule is Cc1ccc(F)cc1NC(=O)COC(=O)C1c2ccccc2Oc2ccccc21. The molecule has 1 aliphatic rings. The minimum absolute atomic E-state index is 0.341. The second-order valence-corrected chi connectivity index (χ2v) is 6.73. The molecule has 0 radical (unpaired) electrons. The van der Waals surface area contributed by atoms with Crippen LogP contribution < -0.4 is 10.1 Å². The molecule has 1 aliphatic heterocycles. The van der Waals surface area contributed by atoms with E-state index in [1.54, 1.807) is 37.3 Å². The number of aryl methyl sites for hydroxylation is 1. The molecule has 146 valence electrons. The fourth-order valence-corrected chi connectivity index (χ4v) is 3.30. The Labute approximate surface area is 167 Å². The maximum atomic E-state index is 13.4. The Morgan fingerprint density at radius 2 is 1.62 bits per heavy atom. The Kier molecular flexibility index (Phi) is 4.99. The number of rotatable bonds is 4. The lowest BCUT2D eigenvalue weighted by atomic mass is 9.88. The third-order valence-corrected chi connectivity index (χ3v) is 4.73. The fraction of sp³-hybridized carbons (Fsp3) is 0.130. The van der Waals surface area contributed by atoms with Crippen molar-refractivity contribution < 1.29 is 23.5 Å². The van der Waals surface area contributed by atoms with E-state index in [0.717, 1.165) is 0 Å². The van der Waals surface area contributed by atoms with Gasteiger partial charge in [0.15, 0.2) is 6.61 Å². The van der Waals surface area contributed by atoms with Crippen molar-refractivity contribution in [2.24, 2.45) is 0 Å². The Bertz CT molecular complexity index is 1050. The van der Waals surface area contributed by atoms with Crippen LogP contribution in [0.4, 0.5) is 10.1 Å². The lowest BCUT2D eigenvalue weighted by Crippen LogP contribution is -2.26. The molecule has 29 heavy (non-hydrogen) atoms. The lowest BCUT2D eigenvalue weighted by molar-refractivity contribution is -0.148. The molecule has 0 atom stereocenters. The van der Waals surface area contributed by atoms with Crippen LogP contribution in [0.5, 0.6) is 11.5 Å². The van der Waals surface area contributed by atoms with Gasteiger partial charge in [-0.15, -0.1) is 0 Å². The second-order valence-electron chi connectivity index (χ2n) is 6.73. The van der Waals surface area contributed by atoms with Gasteiger partial charge in [0.1, 0.15) is 23.2 Å². The largest absolute Gasteiger partial charge is 0.457 e. The normalized spacial score (nSPS) is 12.3. The molecular weight excluding hydrogens is 373 g/mol. The summed E-state index contributed by atoms with van der Waals surface area (Å²) in [4.78, 5) is 25.1. The minimum atomic E-state index is -0.695. The molecule has 5 nitrogen and oxygen atoms in total. The van der Waals surface area contributed by atoms with E-state index >= 15 is 0 Å². The lowest BCUT2D eigenvalue weighted by Gasteiger charge is -2.26. The van der Waals surface area contributed by atoms with Gasteiger partial charge in [0.25, 0.3) is 5.91 Å². The summed E-state index contributed by atoms with van der Waals surface area (Å²) in [6.45, 7) is 1.27. The molecule has 1 N–H and O–H groups in total. The van der Waals surface area contributed by atoms with Gasteiger partial charge >= 0.3 is 5.97 Å². The number of nitrogens with one attached hydrogen (secondary N) is 1. The maximum absolute atomic E-state index is 13.4. The van der Waals surface area contributed by atoms with Crippen molar-refractivity contribution in [3.05, 3.63) is 89.2 Å². The summed E-state index contributed by atoms with van der Waals surface area (Å²) in [7, 11) is 0. The summed E-state index contributed by atoms with van der Waals surface area (Å²) < 4.78 is 24.6. The second kappa shape index (κ2) is 7.75. The highest BCUT2D eigenvalue weighted by Gasteiger charge is 2.33. The summed E-state index contributed by atoms with van der Waals surface area (Å²) in [6, 6.07) is 18.5. The molecule has 1 heterocycles. The van der Waals surface area contributed by atoms with Gasteiger partial charge in [-0.2, -0.15) is 0 Å². The minimum Gasteiger partial charge on any atom is -0.457 e. The summed E-state index contributed by atoms with van der Waals surface area (Å²) in [6.07, 6.45) is 0. The summed E-state index contributed by atoms with van der Waals surface area (Å²) in [5, 5.41) is 2.57.